The molecule has 0 atom stereocenters. The van der Waals surface area contributed by atoms with Gasteiger partial charge in [0.25, 0.3) is 17.7 Å². The lowest BCUT2D eigenvalue weighted by molar-refractivity contribution is 0.0642. The Morgan fingerprint density at radius 2 is 1.56 bits per heavy atom. The molecule has 162 valence electrons. The molecule has 0 fully saturated rings. The van der Waals surface area contributed by atoms with Crippen LogP contribution in [0.15, 0.2) is 54.6 Å². The Labute approximate surface area is 181 Å². The van der Waals surface area contributed by atoms with Gasteiger partial charge in [0.2, 0.25) is 0 Å². The molecule has 0 spiro atoms. The lowest BCUT2D eigenvalue weighted by atomic mass is 10.0. The summed E-state index contributed by atoms with van der Waals surface area (Å²) in [6.45, 7) is 1.42. The maximum Gasteiger partial charge on any atom is 0.273 e. The molecule has 32 heavy (non-hydrogen) atoms. The summed E-state index contributed by atoms with van der Waals surface area (Å²) in [5.74, 6) is -3.95. The third kappa shape index (κ3) is 3.64. The zero-order valence-electron chi connectivity index (χ0n) is 16.8. The summed E-state index contributed by atoms with van der Waals surface area (Å²) in [6, 6.07) is 12.5. The number of benzene rings is 3. The molecule has 1 heterocycles. The number of phenols is 1. The number of carbonyl (C=O) groups is 3. The van der Waals surface area contributed by atoms with Crippen LogP contribution in [0.3, 0.4) is 0 Å². The number of amides is 3. The Kier molecular flexibility index (Phi) is 5.31. The van der Waals surface area contributed by atoms with E-state index in [4.69, 9.17) is 0 Å². The van der Waals surface area contributed by atoms with E-state index in [0.29, 0.717) is 22.3 Å². The van der Waals surface area contributed by atoms with Crippen molar-refractivity contribution in [3.05, 3.63) is 94.0 Å². The van der Waals surface area contributed by atoms with Gasteiger partial charge in [0.05, 0.1) is 23.2 Å². The number of hydrazine groups is 1. The molecule has 9 heteroatoms. The molecule has 1 aliphatic rings. The van der Waals surface area contributed by atoms with Crippen molar-refractivity contribution in [3.8, 4) is 5.75 Å². The second-order valence-electron chi connectivity index (χ2n) is 7.23. The van der Waals surface area contributed by atoms with Crippen LogP contribution in [0.5, 0.6) is 5.75 Å². The zero-order chi connectivity index (χ0) is 23.0. The summed E-state index contributed by atoms with van der Waals surface area (Å²) in [4.78, 5) is 38.8. The Bertz CT molecular complexity index is 1220. The summed E-state index contributed by atoms with van der Waals surface area (Å²) in [5, 5.41) is 10.3. The number of halogens is 2. The lowest BCUT2D eigenvalue weighted by Crippen LogP contribution is -2.31. The van der Waals surface area contributed by atoms with Crippen LogP contribution < -0.4 is 10.9 Å². The zero-order valence-corrected chi connectivity index (χ0v) is 16.8. The Morgan fingerprint density at radius 1 is 0.969 bits per heavy atom. The molecule has 0 bridgehead atoms. The van der Waals surface area contributed by atoms with E-state index in [1.165, 1.54) is 12.1 Å². The van der Waals surface area contributed by atoms with E-state index < -0.39 is 35.0 Å². The second-order valence-corrected chi connectivity index (χ2v) is 7.23. The van der Waals surface area contributed by atoms with Crippen molar-refractivity contribution in [2.75, 3.05) is 5.43 Å². The van der Waals surface area contributed by atoms with Crippen LogP contribution in [0, 0.1) is 18.6 Å². The number of hydrogen-bond acceptors (Lipinski definition) is 5. The molecule has 0 aliphatic carbocycles. The van der Waals surface area contributed by atoms with Gasteiger partial charge in [-0.3, -0.25) is 30.1 Å². The number of nitrogens with zero attached hydrogens (tertiary/aromatic N) is 1. The maximum absolute atomic E-state index is 13.8. The number of nitrogens with one attached hydrogen (secondary N) is 2. The molecule has 0 saturated carbocycles. The summed E-state index contributed by atoms with van der Waals surface area (Å²) in [5.41, 5.74) is 4.88. The van der Waals surface area contributed by atoms with Crippen molar-refractivity contribution in [3.63, 3.8) is 0 Å². The molecular weight excluding hydrogens is 420 g/mol. The van der Waals surface area contributed by atoms with Crippen molar-refractivity contribution >= 4 is 23.4 Å². The minimum atomic E-state index is -0.912. The van der Waals surface area contributed by atoms with E-state index in [2.05, 4.69) is 10.9 Å². The van der Waals surface area contributed by atoms with E-state index in [0.717, 1.165) is 17.0 Å². The molecule has 3 aromatic carbocycles. The Balaban J connectivity index is 1.57. The van der Waals surface area contributed by atoms with Gasteiger partial charge in [-0.05, 0) is 48.4 Å². The molecule has 0 saturated heterocycles. The Morgan fingerprint density at radius 3 is 2.16 bits per heavy atom. The normalized spacial score (nSPS) is 12.7. The number of para-hydroxylation sites is 1. The third-order valence-corrected chi connectivity index (χ3v) is 5.09. The first kappa shape index (κ1) is 21.0. The highest BCUT2D eigenvalue weighted by atomic mass is 19.1. The van der Waals surface area contributed by atoms with Crippen LogP contribution in [0.1, 0.15) is 42.2 Å². The molecule has 0 radical (unpaired) electrons. The average molecular weight is 437 g/mol. The fraction of sp³-hybridized carbons (Fsp3) is 0.0870. The minimum Gasteiger partial charge on any atom is -0.507 e. The van der Waals surface area contributed by atoms with E-state index in [9.17, 15) is 28.3 Å². The van der Waals surface area contributed by atoms with Gasteiger partial charge in [0, 0.05) is 0 Å². The van der Waals surface area contributed by atoms with Gasteiger partial charge in [0.1, 0.15) is 11.4 Å². The standard InChI is InChI=1S/C23H17F2N3O4/c1-12-9-13(11-28-22(31)14-5-2-3-6-15(14)23(28)32)10-16(20(12)29)21(30)27-26-19-17(24)7-4-8-18(19)25/h2-10,26,29H,11H2,1H3,(H,27,30). The van der Waals surface area contributed by atoms with Gasteiger partial charge in [-0.25, -0.2) is 8.78 Å². The van der Waals surface area contributed by atoms with E-state index >= 15 is 0 Å². The monoisotopic (exact) mass is 437 g/mol. The largest absolute Gasteiger partial charge is 0.507 e. The molecular formula is C23H17F2N3O4. The Hall–Kier alpha value is -4.27. The van der Waals surface area contributed by atoms with Crippen LogP contribution in [-0.2, 0) is 6.54 Å². The second kappa shape index (κ2) is 8.10. The molecule has 1 aliphatic heterocycles. The van der Waals surface area contributed by atoms with Crippen LogP contribution >= 0.6 is 0 Å². The number of anilines is 1. The minimum absolute atomic E-state index is 0.122. The molecule has 4 rings (SSSR count). The van der Waals surface area contributed by atoms with Crippen molar-refractivity contribution in [1.82, 2.24) is 10.3 Å². The van der Waals surface area contributed by atoms with E-state index in [-0.39, 0.29) is 17.9 Å². The smallest absolute Gasteiger partial charge is 0.273 e. The van der Waals surface area contributed by atoms with Gasteiger partial charge in [-0.2, -0.15) is 0 Å². The summed E-state index contributed by atoms with van der Waals surface area (Å²) in [7, 11) is 0. The fourth-order valence-electron chi connectivity index (χ4n) is 3.49. The first-order valence-corrected chi connectivity index (χ1v) is 9.56. The van der Waals surface area contributed by atoms with Gasteiger partial charge in [-0.1, -0.05) is 24.3 Å². The summed E-state index contributed by atoms with van der Waals surface area (Å²) in [6.07, 6.45) is 0. The molecule has 3 N–H and O–H groups in total. The molecule has 3 amide bonds. The number of imide groups is 1. The first-order valence-electron chi connectivity index (χ1n) is 9.56. The quantitative estimate of drug-likeness (QED) is 0.419. The highest BCUT2D eigenvalue weighted by Crippen LogP contribution is 2.28. The lowest BCUT2D eigenvalue weighted by Gasteiger charge is -2.17. The molecule has 7 nitrogen and oxygen atoms in total. The van der Waals surface area contributed by atoms with Crippen LogP contribution in [-0.4, -0.2) is 27.7 Å². The highest BCUT2D eigenvalue weighted by Gasteiger charge is 2.35. The summed E-state index contributed by atoms with van der Waals surface area (Å²) < 4.78 is 27.5. The van der Waals surface area contributed by atoms with Crippen LogP contribution in [0.4, 0.5) is 14.5 Å². The molecule has 0 unspecified atom stereocenters. The van der Waals surface area contributed by atoms with Gasteiger partial charge in [-0.15, -0.1) is 0 Å². The first-order chi connectivity index (χ1) is 15.3. The van der Waals surface area contributed by atoms with Crippen molar-refractivity contribution in [2.45, 2.75) is 13.5 Å². The van der Waals surface area contributed by atoms with Crippen molar-refractivity contribution in [2.24, 2.45) is 0 Å². The van der Waals surface area contributed by atoms with Gasteiger partial charge in [0.15, 0.2) is 11.6 Å². The number of carbonyl (C=O) groups excluding carboxylic acids is 3. The van der Waals surface area contributed by atoms with Gasteiger partial charge >= 0.3 is 0 Å². The number of phenolic OH excluding ortho intramolecular Hbond substituents is 1. The van der Waals surface area contributed by atoms with E-state index in [1.54, 1.807) is 37.3 Å². The SMILES string of the molecule is Cc1cc(CN2C(=O)c3ccccc3C2=O)cc(C(=O)NNc2c(F)cccc2F)c1O. The number of aryl methyl sites for hydroxylation is 1. The van der Waals surface area contributed by atoms with Crippen LogP contribution in [0.2, 0.25) is 0 Å². The number of fused-ring (bicyclic) bond motifs is 1. The van der Waals surface area contributed by atoms with Gasteiger partial charge < -0.3 is 5.11 Å². The maximum atomic E-state index is 13.8. The van der Waals surface area contributed by atoms with Crippen molar-refractivity contribution in [1.29, 1.82) is 0 Å². The third-order valence-electron chi connectivity index (χ3n) is 5.09. The van der Waals surface area contributed by atoms with E-state index in [1.807, 2.05) is 0 Å². The number of aromatic hydroxyl groups is 1. The fourth-order valence-corrected chi connectivity index (χ4v) is 3.49. The van der Waals surface area contributed by atoms with Crippen LogP contribution in [0.25, 0.3) is 0 Å². The number of hydrogen-bond donors (Lipinski definition) is 3. The molecule has 3 aromatic rings. The summed E-state index contributed by atoms with van der Waals surface area (Å²) >= 11 is 0. The topological polar surface area (TPSA) is 98.7 Å². The van der Waals surface area contributed by atoms with Crippen molar-refractivity contribution < 1.29 is 28.3 Å². The predicted molar refractivity (Wildman–Crippen MR) is 111 cm³/mol. The predicted octanol–water partition coefficient (Wildman–Crippen LogP) is 3.53. The number of rotatable bonds is 5. The molecule has 0 aromatic heterocycles. The average Bonchev–Trinajstić information content (AvgIpc) is 3.00. The highest BCUT2D eigenvalue weighted by molar-refractivity contribution is 6.21.